The van der Waals surface area contributed by atoms with Gasteiger partial charge in [-0.2, -0.15) is 0 Å². The van der Waals surface area contributed by atoms with Gasteiger partial charge in [0.25, 0.3) is 17.3 Å². The van der Waals surface area contributed by atoms with E-state index in [0.29, 0.717) is 5.76 Å². The second kappa shape index (κ2) is 7.74. The molecule has 0 bridgehead atoms. The fraction of sp³-hybridized carbons (Fsp3) is 0.312. The first kappa shape index (κ1) is 19.1. The number of carbonyl (C=O) groups is 1. The average Bonchev–Trinajstić information content (AvgIpc) is 3.08. The van der Waals surface area contributed by atoms with Crippen molar-refractivity contribution in [1.29, 1.82) is 0 Å². The Labute approximate surface area is 148 Å². The van der Waals surface area contributed by atoms with Gasteiger partial charge in [0, 0.05) is 18.2 Å². The molecule has 0 radical (unpaired) electrons. The Morgan fingerprint density at radius 3 is 2.46 bits per heavy atom. The molecule has 1 N–H and O–H groups in total. The highest BCUT2D eigenvalue weighted by atomic mass is 16.6. The Morgan fingerprint density at radius 2 is 1.96 bits per heavy atom. The van der Waals surface area contributed by atoms with E-state index in [1.54, 1.807) is 12.1 Å². The summed E-state index contributed by atoms with van der Waals surface area (Å²) in [4.78, 5) is 34.9. The van der Waals surface area contributed by atoms with Crippen molar-refractivity contribution < 1.29 is 19.1 Å². The third-order valence-corrected chi connectivity index (χ3v) is 3.97. The molecule has 10 nitrogen and oxygen atoms in total. The molecule has 0 saturated carbocycles. The molecule has 2 aromatic rings. The largest absolute Gasteiger partial charge is 0.468 e. The van der Waals surface area contributed by atoms with Gasteiger partial charge in [0.2, 0.25) is 0 Å². The molecule has 0 aliphatic heterocycles. The van der Waals surface area contributed by atoms with Crippen molar-refractivity contribution in [3.8, 4) is 0 Å². The number of hydrogen-bond acceptors (Lipinski definition) is 7. The van der Waals surface area contributed by atoms with Crippen LogP contribution in [0.4, 0.5) is 11.4 Å². The Bertz CT molecular complexity index is 832. The quantitative estimate of drug-likeness (QED) is 0.591. The second-order valence-corrected chi connectivity index (χ2v) is 5.86. The Kier molecular flexibility index (Phi) is 5.68. The predicted octanol–water partition coefficient (Wildman–Crippen LogP) is 2.44. The van der Waals surface area contributed by atoms with Crippen LogP contribution in [0, 0.1) is 27.2 Å². The molecule has 0 fully saturated rings. The van der Waals surface area contributed by atoms with Crippen molar-refractivity contribution in [2.75, 3.05) is 20.6 Å². The number of non-ortho nitro benzene ring substituents is 1. The summed E-state index contributed by atoms with van der Waals surface area (Å²) in [6, 6.07) is 5.11. The third-order valence-electron chi connectivity index (χ3n) is 3.97. The summed E-state index contributed by atoms with van der Waals surface area (Å²) in [5, 5.41) is 24.8. The first-order chi connectivity index (χ1) is 12.2. The van der Waals surface area contributed by atoms with Crippen LogP contribution in [0.1, 0.15) is 27.7 Å². The topological polar surface area (TPSA) is 132 Å². The van der Waals surface area contributed by atoms with Gasteiger partial charge in [-0.1, -0.05) is 0 Å². The van der Waals surface area contributed by atoms with Gasteiger partial charge in [0.05, 0.1) is 33.8 Å². The fourth-order valence-electron chi connectivity index (χ4n) is 2.52. The normalized spacial score (nSPS) is 12.0. The number of benzene rings is 1. The molecule has 0 aliphatic carbocycles. The van der Waals surface area contributed by atoms with Gasteiger partial charge in [-0.25, -0.2) is 0 Å². The minimum Gasteiger partial charge on any atom is -0.468 e. The Hall–Kier alpha value is -3.27. The summed E-state index contributed by atoms with van der Waals surface area (Å²) in [6.07, 6.45) is 1.52. The zero-order chi connectivity index (χ0) is 19.4. The molecule has 138 valence electrons. The molecule has 0 aliphatic rings. The first-order valence-corrected chi connectivity index (χ1v) is 7.63. The van der Waals surface area contributed by atoms with Gasteiger partial charge >= 0.3 is 0 Å². The number of hydrogen-bond donors (Lipinski definition) is 1. The molecule has 1 heterocycles. The Morgan fingerprint density at radius 1 is 1.27 bits per heavy atom. The number of likely N-dealkylation sites (N-methyl/N-ethyl adjacent to an activating group) is 1. The van der Waals surface area contributed by atoms with Crippen LogP contribution in [0.3, 0.4) is 0 Å². The maximum absolute atomic E-state index is 12.5. The number of carbonyl (C=O) groups excluding carboxylic acids is 1. The zero-order valence-electron chi connectivity index (χ0n) is 14.5. The highest BCUT2D eigenvalue weighted by Gasteiger charge is 2.25. The molecule has 0 spiro atoms. The van der Waals surface area contributed by atoms with Crippen LogP contribution in [-0.2, 0) is 0 Å². The van der Waals surface area contributed by atoms with Gasteiger partial charge in [-0.15, -0.1) is 0 Å². The number of rotatable bonds is 7. The van der Waals surface area contributed by atoms with E-state index < -0.39 is 27.1 Å². The summed E-state index contributed by atoms with van der Waals surface area (Å²) in [5.74, 6) is 0.00440. The molecule has 1 aromatic heterocycles. The average molecular weight is 362 g/mol. The monoisotopic (exact) mass is 362 g/mol. The standard InChI is InChI=1S/C16H18N4O6/c1-10-12(7-11(19(22)23)8-13(10)20(24)25)16(21)17-9-14(18(2)3)15-5-4-6-26-15/h4-8,14H,9H2,1-3H3,(H,17,21). The van der Waals surface area contributed by atoms with E-state index in [0.717, 1.165) is 12.1 Å². The van der Waals surface area contributed by atoms with Crippen LogP contribution < -0.4 is 5.32 Å². The second-order valence-electron chi connectivity index (χ2n) is 5.86. The maximum Gasteiger partial charge on any atom is 0.279 e. The van der Waals surface area contributed by atoms with E-state index in [2.05, 4.69) is 5.32 Å². The van der Waals surface area contributed by atoms with Crippen LogP contribution in [-0.4, -0.2) is 41.3 Å². The van der Waals surface area contributed by atoms with E-state index in [1.165, 1.54) is 13.2 Å². The van der Waals surface area contributed by atoms with E-state index in [-0.39, 0.29) is 23.7 Å². The number of nitro benzene ring substituents is 2. The van der Waals surface area contributed by atoms with E-state index in [1.807, 2.05) is 19.0 Å². The van der Waals surface area contributed by atoms with Gasteiger partial charge in [0.15, 0.2) is 0 Å². The van der Waals surface area contributed by atoms with Crippen molar-refractivity contribution in [2.24, 2.45) is 0 Å². The lowest BCUT2D eigenvalue weighted by molar-refractivity contribution is -0.394. The molecule has 10 heteroatoms. The molecule has 1 atom stereocenters. The lowest BCUT2D eigenvalue weighted by Crippen LogP contribution is -2.34. The van der Waals surface area contributed by atoms with Crippen LogP contribution in [0.2, 0.25) is 0 Å². The molecule has 26 heavy (non-hydrogen) atoms. The van der Waals surface area contributed by atoms with Crippen molar-refractivity contribution in [1.82, 2.24) is 10.2 Å². The lowest BCUT2D eigenvalue weighted by Gasteiger charge is -2.22. The highest BCUT2D eigenvalue weighted by molar-refractivity contribution is 5.97. The number of nitrogens with one attached hydrogen (secondary N) is 1. The predicted molar refractivity (Wildman–Crippen MR) is 92.0 cm³/mol. The molecular formula is C16H18N4O6. The summed E-state index contributed by atoms with van der Waals surface area (Å²) in [6.45, 7) is 1.54. The van der Waals surface area contributed by atoms with E-state index in [4.69, 9.17) is 4.42 Å². The van der Waals surface area contributed by atoms with Crippen molar-refractivity contribution in [3.05, 3.63) is 67.6 Å². The highest BCUT2D eigenvalue weighted by Crippen LogP contribution is 2.28. The van der Waals surface area contributed by atoms with Gasteiger partial charge in [-0.05, 0) is 33.2 Å². The SMILES string of the molecule is Cc1c(C(=O)NCC(c2ccco2)N(C)C)cc([N+](=O)[O-])cc1[N+](=O)[O-]. The molecule has 1 aromatic carbocycles. The number of amides is 1. The third kappa shape index (κ3) is 4.03. The first-order valence-electron chi connectivity index (χ1n) is 7.63. The molecular weight excluding hydrogens is 344 g/mol. The van der Waals surface area contributed by atoms with Crippen molar-refractivity contribution in [3.63, 3.8) is 0 Å². The summed E-state index contributed by atoms with van der Waals surface area (Å²) in [7, 11) is 3.62. The summed E-state index contributed by atoms with van der Waals surface area (Å²) in [5.41, 5.74) is -1.03. The molecule has 2 rings (SSSR count). The molecule has 1 amide bonds. The Balaban J connectivity index is 2.28. The van der Waals surface area contributed by atoms with E-state index >= 15 is 0 Å². The summed E-state index contributed by atoms with van der Waals surface area (Å²) >= 11 is 0. The van der Waals surface area contributed by atoms with Crippen LogP contribution in [0.5, 0.6) is 0 Å². The van der Waals surface area contributed by atoms with Crippen molar-refractivity contribution >= 4 is 17.3 Å². The van der Waals surface area contributed by atoms with Crippen molar-refractivity contribution in [2.45, 2.75) is 13.0 Å². The lowest BCUT2D eigenvalue weighted by atomic mass is 10.0. The minimum absolute atomic E-state index is 0.0671. The number of nitro groups is 2. The van der Waals surface area contributed by atoms with Crippen LogP contribution in [0.15, 0.2) is 34.9 Å². The van der Waals surface area contributed by atoms with Gasteiger partial charge in [0.1, 0.15) is 5.76 Å². The van der Waals surface area contributed by atoms with Gasteiger partial charge < -0.3 is 9.73 Å². The van der Waals surface area contributed by atoms with Gasteiger partial charge in [-0.3, -0.25) is 29.9 Å². The van der Waals surface area contributed by atoms with Crippen LogP contribution >= 0.6 is 0 Å². The minimum atomic E-state index is -0.769. The number of furan rings is 1. The zero-order valence-corrected chi connectivity index (χ0v) is 14.5. The number of nitrogens with zero attached hydrogens (tertiary/aromatic N) is 3. The fourth-order valence-corrected chi connectivity index (χ4v) is 2.52. The summed E-state index contributed by atoms with van der Waals surface area (Å²) < 4.78 is 5.35. The molecule has 1 unspecified atom stereocenters. The van der Waals surface area contributed by atoms with Crippen LogP contribution in [0.25, 0.3) is 0 Å². The molecule has 0 saturated heterocycles. The van der Waals surface area contributed by atoms with E-state index in [9.17, 15) is 25.0 Å². The smallest absolute Gasteiger partial charge is 0.279 e. The maximum atomic E-state index is 12.5.